The first-order valence-electron chi connectivity index (χ1n) is 10.1. The van der Waals surface area contributed by atoms with Crippen LogP contribution in [0.3, 0.4) is 0 Å². The van der Waals surface area contributed by atoms with Gasteiger partial charge in [-0.25, -0.2) is 9.48 Å². The lowest BCUT2D eigenvalue weighted by Crippen LogP contribution is -2.45. The number of carbonyl (C=O) groups excluding carboxylic acids is 2. The van der Waals surface area contributed by atoms with Gasteiger partial charge in [0.2, 0.25) is 5.91 Å². The van der Waals surface area contributed by atoms with Crippen LogP contribution in [0.25, 0.3) is 0 Å². The van der Waals surface area contributed by atoms with Crippen LogP contribution >= 0.6 is 11.6 Å². The first kappa shape index (κ1) is 22.2. The zero-order valence-corrected chi connectivity index (χ0v) is 18.3. The zero-order valence-electron chi connectivity index (χ0n) is 17.5. The number of rotatable bonds is 8. The van der Waals surface area contributed by atoms with Crippen molar-refractivity contribution >= 4 is 23.5 Å². The Morgan fingerprint density at radius 1 is 1.37 bits per heavy atom. The van der Waals surface area contributed by atoms with E-state index in [4.69, 9.17) is 16.3 Å². The number of amides is 1. The minimum atomic E-state index is -0.520. The minimum Gasteiger partial charge on any atom is -0.464 e. The topological polar surface area (TPSA) is 89.4 Å². The third kappa shape index (κ3) is 5.58. The summed E-state index contributed by atoms with van der Waals surface area (Å²) in [6.07, 6.45) is 2.92. The fourth-order valence-corrected chi connectivity index (χ4v) is 4.02. The molecule has 1 aromatic carbocycles. The van der Waals surface area contributed by atoms with Gasteiger partial charge in [0.25, 0.3) is 0 Å². The molecule has 1 aliphatic rings. The molecule has 1 amide bonds. The van der Waals surface area contributed by atoms with Crippen molar-refractivity contribution < 1.29 is 14.3 Å². The molecule has 0 spiro atoms. The molecule has 1 saturated heterocycles. The number of ether oxygens (including phenoxy) is 1. The lowest BCUT2D eigenvalue weighted by molar-refractivity contribution is -0.125. The number of nitrogens with one attached hydrogen (secondary N) is 1. The summed E-state index contributed by atoms with van der Waals surface area (Å²) < 4.78 is 6.36. The summed E-state index contributed by atoms with van der Waals surface area (Å²) in [5.74, 6) is -0.0889. The summed E-state index contributed by atoms with van der Waals surface area (Å²) in [7, 11) is 1.31. The van der Waals surface area contributed by atoms with Gasteiger partial charge in [-0.05, 0) is 36.5 Å². The van der Waals surface area contributed by atoms with Crippen LogP contribution in [0.5, 0.6) is 0 Å². The van der Waals surface area contributed by atoms with E-state index >= 15 is 0 Å². The molecular weight excluding hydrogens is 406 g/mol. The van der Waals surface area contributed by atoms with Gasteiger partial charge in [-0.3, -0.25) is 9.69 Å². The average molecular weight is 434 g/mol. The van der Waals surface area contributed by atoms with Crippen molar-refractivity contribution in [2.24, 2.45) is 5.92 Å². The maximum atomic E-state index is 12.9. The van der Waals surface area contributed by atoms with E-state index in [1.807, 2.05) is 24.3 Å². The van der Waals surface area contributed by atoms with Crippen molar-refractivity contribution in [2.45, 2.75) is 38.8 Å². The van der Waals surface area contributed by atoms with Crippen LogP contribution < -0.4 is 5.32 Å². The molecule has 30 heavy (non-hydrogen) atoms. The number of likely N-dealkylation sites (tertiary alicyclic amines) is 1. The van der Waals surface area contributed by atoms with Crippen LogP contribution in [0, 0.1) is 5.92 Å². The molecule has 1 fully saturated rings. The molecule has 1 aromatic heterocycles. The zero-order chi connectivity index (χ0) is 21.7. The maximum Gasteiger partial charge on any atom is 0.360 e. The van der Waals surface area contributed by atoms with E-state index < -0.39 is 5.97 Å². The van der Waals surface area contributed by atoms with Crippen LogP contribution in [0.15, 0.2) is 30.5 Å². The number of nitrogens with zero attached hydrogens (tertiary/aromatic N) is 4. The number of hydrogen-bond donors (Lipinski definition) is 1. The molecule has 9 heteroatoms. The monoisotopic (exact) mass is 433 g/mol. The third-order valence-electron chi connectivity index (χ3n) is 5.16. The first-order valence-corrected chi connectivity index (χ1v) is 10.5. The summed E-state index contributed by atoms with van der Waals surface area (Å²) in [6, 6.07) is 7.38. The fourth-order valence-electron chi connectivity index (χ4n) is 3.81. The number of methoxy groups -OCH3 is 1. The Kier molecular flexibility index (Phi) is 7.44. The van der Waals surface area contributed by atoms with Crippen molar-refractivity contribution in [2.75, 3.05) is 26.7 Å². The molecule has 0 bridgehead atoms. The van der Waals surface area contributed by atoms with E-state index in [0.717, 1.165) is 18.5 Å². The van der Waals surface area contributed by atoms with E-state index in [9.17, 15) is 9.59 Å². The Morgan fingerprint density at radius 2 is 2.17 bits per heavy atom. The molecule has 2 atom stereocenters. The van der Waals surface area contributed by atoms with E-state index in [1.165, 1.54) is 7.11 Å². The van der Waals surface area contributed by atoms with Gasteiger partial charge in [0, 0.05) is 24.7 Å². The number of carbonyl (C=O) groups is 2. The second kappa shape index (κ2) is 10.0. The lowest BCUT2D eigenvalue weighted by Gasteiger charge is -2.25. The Morgan fingerprint density at radius 3 is 2.87 bits per heavy atom. The second-order valence-corrected chi connectivity index (χ2v) is 8.44. The predicted octanol–water partition coefficient (Wildman–Crippen LogP) is 2.35. The van der Waals surface area contributed by atoms with Gasteiger partial charge >= 0.3 is 5.97 Å². The van der Waals surface area contributed by atoms with Gasteiger partial charge in [-0.15, -0.1) is 5.10 Å². The van der Waals surface area contributed by atoms with Gasteiger partial charge < -0.3 is 10.1 Å². The SMILES string of the molecule is COC(=O)c1cn([C@H]2C[C@@H](C(=O)NCCc3cccc(Cl)c3)N(CC(C)C)C2)nn1. The Hall–Kier alpha value is -2.45. The van der Waals surface area contributed by atoms with E-state index in [1.54, 1.807) is 10.9 Å². The normalized spacial score (nSPS) is 19.2. The quantitative estimate of drug-likeness (QED) is 0.643. The van der Waals surface area contributed by atoms with Crippen molar-refractivity contribution in [3.63, 3.8) is 0 Å². The molecule has 0 radical (unpaired) electrons. The number of aromatic nitrogens is 3. The van der Waals surface area contributed by atoms with Gasteiger partial charge in [0.05, 0.1) is 25.4 Å². The average Bonchev–Trinajstić information content (AvgIpc) is 3.34. The maximum absolute atomic E-state index is 12.9. The largest absolute Gasteiger partial charge is 0.464 e. The van der Waals surface area contributed by atoms with Crippen molar-refractivity contribution in [3.8, 4) is 0 Å². The third-order valence-corrected chi connectivity index (χ3v) is 5.40. The Balaban J connectivity index is 1.63. The fraction of sp³-hybridized carbons (Fsp3) is 0.524. The van der Waals surface area contributed by atoms with E-state index in [0.29, 0.717) is 30.5 Å². The Bertz CT molecular complexity index is 885. The summed E-state index contributed by atoms with van der Waals surface area (Å²) in [5.41, 5.74) is 1.26. The molecule has 3 rings (SSSR count). The van der Waals surface area contributed by atoms with Crippen molar-refractivity contribution in [1.82, 2.24) is 25.2 Å². The highest BCUT2D eigenvalue weighted by Crippen LogP contribution is 2.28. The van der Waals surface area contributed by atoms with Gasteiger partial charge in [0.1, 0.15) is 0 Å². The van der Waals surface area contributed by atoms with Crippen LogP contribution in [0.4, 0.5) is 0 Å². The van der Waals surface area contributed by atoms with Crippen molar-refractivity contribution in [1.29, 1.82) is 0 Å². The number of benzene rings is 1. The summed E-state index contributed by atoms with van der Waals surface area (Å²) in [6.45, 7) is 6.29. The minimum absolute atomic E-state index is 0.00786. The smallest absolute Gasteiger partial charge is 0.360 e. The van der Waals surface area contributed by atoms with Gasteiger partial charge in [0.15, 0.2) is 5.69 Å². The molecule has 8 nitrogen and oxygen atoms in total. The molecule has 0 unspecified atom stereocenters. The van der Waals surface area contributed by atoms with Crippen LogP contribution in [-0.4, -0.2) is 64.6 Å². The highest BCUT2D eigenvalue weighted by molar-refractivity contribution is 6.30. The predicted molar refractivity (Wildman–Crippen MR) is 113 cm³/mol. The number of halogens is 1. The summed E-state index contributed by atoms with van der Waals surface area (Å²) >= 11 is 6.03. The highest BCUT2D eigenvalue weighted by Gasteiger charge is 2.38. The summed E-state index contributed by atoms with van der Waals surface area (Å²) in [5, 5.41) is 11.7. The van der Waals surface area contributed by atoms with Crippen LogP contribution in [-0.2, 0) is 16.0 Å². The van der Waals surface area contributed by atoms with Crippen LogP contribution in [0.2, 0.25) is 5.02 Å². The molecule has 2 heterocycles. The molecule has 0 aliphatic carbocycles. The van der Waals surface area contributed by atoms with E-state index in [2.05, 4.69) is 34.4 Å². The molecule has 2 aromatic rings. The van der Waals surface area contributed by atoms with Gasteiger partial charge in [-0.2, -0.15) is 0 Å². The molecule has 162 valence electrons. The number of hydrogen-bond acceptors (Lipinski definition) is 6. The Labute approximate surface area is 181 Å². The van der Waals surface area contributed by atoms with Crippen LogP contribution in [0.1, 0.15) is 42.4 Å². The molecular formula is C21H28ClN5O3. The van der Waals surface area contributed by atoms with E-state index in [-0.39, 0.29) is 23.7 Å². The van der Waals surface area contributed by atoms with Gasteiger partial charge in [-0.1, -0.05) is 42.8 Å². The first-order chi connectivity index (χ1) is 14.4. The number of esters is 1. The molecule has 0 saturated carbocycles. The highest BCUT2D eigenvalue weighted by atomic mass is 35.5. The van der Waals surface area contributed by atoms with Crippen molar-refractivity contribution in [3.05, 3.63) is 46.7 Å². The summed E-state index contributed by atoms with van der Waals surface area (Å²) in [4.78, 5) is 26.8. The molecule has 1 N–H and O–H groups in total. The second-order valence-electron chi connectivity index (χ2n) is 8.00. The standard InChI is InChI=1S/C21H28ClN5O3/c1-14(2)11-26-12-17(27-13-18(24-25-27)21(29)30-3)10-19(26)20(28)23-8-7-15-5-4-6-16(22)9-15/h4-6,9,13-14,17,19H,7-8,10-12H2,1-3H3,(H,23,28)/t17-,19-/m0/s1. The molecule has 1 aliphatic heterocycles. The lowest BCUT2D eigenvalue weighted by atomic mass is 10.1.